The van der Waals surface area contributed by atoms with E-state index in [1.54, 1.807) is 19.2 Å². The lowest BCUT2D eigenvalue weighted by Crippen LogP contribution is -2.28. The minimum Gasteiger partial charge on any atom is -0.496 e. The van der Waals surface area contributed by atoms with E-state index in [1.165, 1.54) is 7.11 Å². The summed E-state index contributed by atoms with van der Waals surface area (Å²) in [5, 5.41) is 4.55. The highest BCUT2D eigenvalue weighted by atomic mass is 16.5. The van der Waals surface area contributed by atoms with Gasteiger partial charge in [-0.15, -0.1) is 0 Å². The van der Waals surface area contributed by atoms with E-state index in [4.69, 9.17) is 14.2 Å². The van der Waals surface area contributed by atoms with Crippen molar-refractivity contribution in [2.45, 2.75) is 6.54 Å². The largest absolute Gasteiger partial charge is 0.496 e. The highest BCUT2D eigenvalue weighted by Crippen LogP contribution is 2.26. The molecule has 3 rings (SSSR count). The molecule has 28 heavy (non-hydrogen) atoms. The number of para-hydroxylation sites is 1. The first-order valence-corrected chi connectivity index (χ1v) is 8.75. The quantitative estimate of drug-likeness (QED) is 0.638. The molecule has 1 amide bonds. The number of rotatable bonds is 7. The molecule has 0 aliphatic carbocycles. The van der Waals surface area contributed by atoms with Crippen LogP contribution in [0.3, 0.4) is 0 Å². The molecule has 0 fully saturated rings. The van der Waals surface area contributed by atoms with Crippen molar-refractivity contribution < 1.29 is 23.8 Å². The molecule has 0 aromatic heterocycles. The van der Waals surface area contributed by atoms with Crippen LogP contribution in [-0.4, -0.2) is 32.7 Å². The fourth-order valence-corrected chi connectivity index (χ4v) is 2.85. The van der Waals surface area contributed by atoms with Crippen LogP contribution in [0.4, 0.5) is 0 Å². The monoisotopic (exact) mass is 379 g/mol. The zero-order valence-electron chi connectivity index (χ0n) is 15.7. The molecular weight excluding hydrogens is 358 g/mol. The van der Waals surface area contributed by atoms with Gasteiger partial charge in [0.1, 0.15) is 17.1 Å². The number of esters is 1. The Hall–Kier alpha value is -3.54. The number of fused-ring (bicyclic) bond motifs is 1. The average molecular weight is 379 g/mol. The van der Waals surface area contributed by atoms with Gasteiger partial charge in [-0.1, -0.05) is 42.5 Å². The molecule has 0 heterocycles. The van der Waals surface area contributed by atoms with Crippen LogP contribution in [0.1, 0.15) is 15.9 Å². The van der Waals surface area contributed by atoms with E-state index in [0.717, 1.165) is 16.3 Å². The molecule has 0 spiro atoms. The molecule has 0 radical (unpaired) electrons. The maximum Gasteiger partial charge on any atom is 0.342 e. The van der Waals surface area contributed by atoms with Gasteiger partial charge in [-0.2, -0.15) is 0 Å². The van der Waals surface area contributed by atoms with Gasteiger partial charge in [0.25, 0.3) is 5.91 Å². The predicted octanol–water partition coefficient (Wildman–Crippen LogP) is 3.33. The van der Waals surface area contributed by atoms with E-state index in [9.17, 15) is 9.59 Å². The number of carbonyl (C=O) groups is 2. The molecular formula is C22H21NO5. The molecule has 0 atom stereocenters. The molecule has 144 valence electrons. The Morgan fingerprint density at radius 3 is 2.21 bits per heavy atom. The van der Waals surface area contributed by atoms with E-state index >= 15 is 0 Å². The van der Waals surface area contributed by atoms with E-state index in [1.807, 2.05) is 48.5 Å². The van der Waals surface area contributed by atoms with Gasteiger partial charge < -0.3 is 19.5 Å². The van der Waals surface area contributed by atoms with Crippen molar-refractivity contribution in [1.82, 2.24) is 5.32 Å². The lowest BCUT2D eigenvalue weighted by molar-refractivity contribution is -0.124. The van der Waals surface area contributed by atoms with Crippen LogP contribution in [0.15, 0.2) is 60.7 Å². The van der Waals surface area contributed by atoms with Gasteiger partial charge in [-0.25, -0.2) is 4.79 Å². The van der Waals surface area contributed by atoms with Gasteiger partial charge in [0, 0.05) is 12.1 Å². The highest BCUT2D eigenvalue weighted by Gasteiger charge is 2.16. The molecule has 3 aromatic rings. The summed E-state index contributed by atoms with van der Waals surface area (Å²) < 4.78 is 15.7. The molecule has 0 aliphatic heterocycles. The third-order valence-electron chi connectivity index (χ3n) is 4.29. The maximum absolute atomic E-state index is 12.4. The van der Waals surface area contributed by atoms with Gasteiger partial charge in [0.05, 0.1) is 14.2 Å². The Morgan fingerprint density at radius 2 is 1.50 bits per heavy atom. The van der Waals surface area contributed by atoms with Gasteiger partial charge >= 0.3 is 5.97 Å². The summed E-state index contributed by atoms with van der Waals surface area (Å²) in [7, 11) is 3.06. The number of amides is 1. The summed E-state index contributed by atoms with van der Waals surface area (Å²) >= 11 is 0. The molecule has 0 bridgehead atoms. The van der Waals surface area contributed by atoms with Crippen LogP contribution in [-0.2, 0) is 16.1 Å². The Labute approximate surface area is 163 Å². The summed E-state index contributed by atoms with van der Waals surface area (Å²) in [5.41, 5.74) is 1.11. The van der Waals surface area contributed by atoms with Crippen molar-refractivity contribution in [3.8, 4) is 11.5 Å². The normalized spacial score (nSPS) is 10.4. The number of ether oxygens (including phenoxy) is 3. The van der Waals surface area contributed by atoms with Crippen LogP contribution in [0, 0.1) is 0 Å². The van der Waals surface area contributed by atoms with Gasteiger partial charge in [-0.3, -0.25) is 4.79 Å². The average Bonchev–Trinajstić information content (AvgIpc) is 2.75. The van der Waals surface area contributed by atoms with Crippen molar-refractivity contribution >= 4 is 22.6 Å². The molecule has 0 unspecified atom stereocenters. The van der Waals surface area contributed by atoms with E-state index < -0.39 is 11.9 Å². The van der Waals surface area contributed by atoms with Gasteiger partial charge in [0.2, 0.25) is 0 Å². The van der Waals surface area contributed by atoms with Crippen molar-refractivity contribution in [3.05, 3.63) is 71.8 Å². The second-order valence-corrected chi connectivity index (χ2v) is 6.06. The number of methoxy groups -OCH3 is 2. The first kappa shape index (κ1) is 19.2. The summed E-state index contributed by atoms with van der Waals surface area (Å²) in [4.78, 5) is 24.5. The van der Waals surface area contributed by atoms with E-state index in [-0.39, 0.29) is 18.7 Å². The van der Waals surface area contributed by atoms with Crippen molar-refractivity contribution in [2.75, 3.05) is 20.8 Å². The Kier molecular flexibility index (Phi) is 6.11. The number of benzene rings is 3. The third-order valence-corrected chi connectivity index (χ3v) is 4.29. The molecule has 6 nitrogen and oxygen atoms in total. The first-order chi connectivity index (χ1) is 13.6. The van der Waals surface area contributed by atoms with Crippen molar-refractivity contribution in [3.63, 3.8) is 0 Å². The number of nitrogens with one attached hydrogen (secondary N) is 1. The second-order valence-electron chi connectivity index (χ2n) is 6.06. The second kappa shape index (κ2) is 8.90. The SMILES string of the molecule is COc1ccccc1CNC(=O)COC(=O)c1cc2ccccc2cc1OC. The summed E-state index contributed by atoms with van der Waals surface area (Å²) in [6.45, 7) is -0.107. The zero-order valence-corrected chi connectivity index (χ0v) is 15.7. The van der Waals surface area contributed by atoms with E-state index in [0.29, 0.717) is 11.5 Å². The minimum atomic E-state index is -0.616. The van der Waals surface area contributed by atoms with Crippen LogP contribution in [0.5, 0.6) is 11.5 Å². The summed E-state index contributed by atoms with van der Waals surface area (Å²) in [6.07, 6.45) is 0. The lowest BCUT2D eigenvalue weighted by Gasteiger charge is -2.11. The Morgan fingerprint density at radius 1 is 0.857 bits per heavy atom. The standard InChI is InChI=1S/C22H21NO5/c1-26-19-10-6-5-9-17(19)13-23-21(24)14-28-22(25)18-11-15-7-3-4-8-16(15)12-20(18)27-2/h3-12H,13-14H2,1-2H3,(H,23,24). The smallest absolute Gasteiger partial charge is 0.342 e. The molecule has 3 aromatic carbocycles. The van der Waals surface area contributed by atoms with Crippen LogP contribution < -0.4 is 14.8 Å². The van der Waals surface area contributed by atoms with Crippen LogP contribution in [0.2, 0.25) is 0 Å². The Bertz CT molecular complexity index is 999. The fraction of sp³-hybridized carbons (Fsp3) is 0.182. The number of carbonyl (C=O) groups excluding carboxylic acids is 2. The Balaban J connectivity index is 1.62. The van der Waals surface area contributed by atoms with Crippen molar-refractivity contribution in [1.29, 1.82) is 0 Å². The summed E-state index contributed by atoms with van der Waals surface area (Å²) in [6, 6.07) is 18.5. The molecule has 6 heteroatoms. The van der Waals surface area contributed by atoms with Crippen LogP contribution >= 0.6 is 0 Å². The molecule has 0 saturated carbocycles. The molecule has 0 aliphatic rings. The molecule has 0 saturated heterocycles. The third kappa shape index (κ3) is 4.40. The summed E-state index contributed by atoms with van der Waals surface area (Å²) in [5.74, 6) is 0.0629. The predicted molar refractivity (Wildman–Crippen MR) is 106 cm³/mol. The topological polar surface area (TPSA) is 73.9 Å². The lowest BCUT2D eigenvalue weighted by atomic mass is 10.1. The van der Waals surface area contributed by atoms with Crippen LogP contribution in [0.25, 0.3) is 10.8 Å². The van der Waals surface area contributed by atoms with Gasteiger partial charge in [-0.05, 0) is 29.0 Å². The van der Waals surface area contributed by atoms with Crippen molar-refractivity contribution in [2.24, 2.45) is 0 Å². The highest BCUT2D eigenvalue weighted by molar-refractivity contribution is 5.99. The fourth-order valence-electron chi connectivity index (χ4n) is 2.85. The zero-order chi connectivity index (χ0) is 19.9. The first-order valence-electron chi connectivity index (χ1n) is 8.75. The van der Waals surface area contributed by atoms with E-state index in [2.05, 4.69) is 5.32 Å². The maximum atomic E-state index is 12.4. The molecule has 1 N–H and O–H groups in total. The van der Waals surface area contributed by atoms with Gasteiger partial charge in [0.15, 0.2) is 6.61 Å². The number of hydrogen-bond acceptors (Lipinski definition) is 5. The number of hydrogen-bond donors (Lipinski definition) is 1. The minimum absolute atomic E-state index is 0.277.